The molecule has 2 aromatic heterocycles. The summed E-state index contributed by atoms with van der Waals surface area (Å²) in [6, 6.07) is 11.5. The van der Waals surface area contributed by atoms with E-state index in [1.807, 2.05) is 42.6 Å². The largest absolute Gasteiger partial charge is 0.357 e. The number of carbonyl (C=O) groups is 1. The molecule has 3 heterocycles. The zero-order valence-corrected chi connectivity index (χ0v) is 16.8. The van der Waals surface area contributed by atoms with Crippen molar-refractivity contribution in [3.05, 3.63) is 58.6 Å². The zero-order chi connectivity index (χ0) is 20.2. The van der Waals surface area contributed by atoms with Gasteiger partial charge in [-0.05, 0) is 36.6 Å². The van der Waals surface area contributed by atoms with Gasteiger partial charge < -0.3 is 10.2 Å². The highest BCUT2D eigenvalue weighted by atomic mass is 16.2. The number of nitrogens with zero attached hydrogens (tertiary/aromatic N) is 4. The van der Waals surface area contributed by atoms with Crippen LogP contribution in [0.2, 0.25) is 0 Å². The van der Waals surface area contributed by atoms with Gasteiger partial charge in [0.05, 0.1) is 11.0 Å². The summed E-state index contributed by atoms with van der Waals surface area (Å²) in [7, 11) is 1.72. The van der Waals surface area contributed by atoms with Crippen molar-refractivity contribution in [2.45, 2.75) is 38.8 Å². The number of nitrogens with one attached hydrogen (secondary N) is 1. The lowest BCUT2D eigenvalue weighted by Gasteiger charge is -2.21. The first-order chi connectivity index (χ1) is 14.1. The minimum absolute atomic E-state index is 0.000519. The smallest absolute Gasteiger partial charge is 0.329 e. The van der Waals surface area contributed by atoms with Crippen molar-refractivity contribution in [1.82, 2.24) is 19.4 Å². The molecule has 1 aliphatic rings. The van der Waals surface area contributed by atoms with Gasteiger partial charge in [-0.3, -0.25) is 13.9 Å². The molecular formula is C22H27N5O2. The molecule has 1 aromatic carbocycles. The Labute approximate surface area is 170 Å². The van der Waals surface area contributed by atoms with E-state index in [0.29, 0.717) is 6.54 Å². The van der Waals surface area contributed by atoms with Gasteiger partial charge in [-0.2, -0.15) is 0 Å². The van der Waals surface area contributed by atoms with Crippen LogP contribution in [0.5, 0.6) is 0 Å². The summed E-state index contributed by atoms with van der Waals surface area (Å²) in [6.07, 6.45) is 6.84. The van der Waals surface area contributed by atoms with Crippen molar-refractivity contribution >= 4 is 22.8 Å². The molecule has 0 atom stereocenters. The molecule has 0 unspecified atom stereocenters. The van der Waals surface area contributed by atoms with Crippen molar-refractivity contribution in [2.75, 3.05) is 18.0 Å². The predicted octanol–water partition coefficient (Wildman–Crippen LogP) is 2.43. The quantitative estimate of drug-likeness (QED) is 0.723. The molecule has 7 nitrogen and oxygen atoms in total. The van der Waals surface area contributed by atoms with Gasteiger partial charge in [-0.15, -0.1) is 0 Å². The maximum atomic E-state index is 12.4. The first-order valence-corrected chi connectivity index (χ1v) is 10.2. The van der Waals surface area contributed by atoms with Crippen molar-refractivity contribution in [1.29, 1.82) is 0 Å². The molecule has 0 radical (unpaired) electrons. The maximum Gasteiger partial charge on any atom is 0.329 e. The summed E-state index contributed by atoms with van der Waals surface area (Å²) >= 11 is 0. The summed E-state index contributed by atoms with van der Waals surface area (Å²) in [5, 5.41) is 2.90. The Kier molecular flexibility index (Phi) is 5.64. The number of anilines is 1. The van der Waals surface area contributed by atoms with Gasteiger partial charge in [-0.1, -0.05) is 31.0 Å². The monoisotopic (exact) mass is 393 g/mol. The number of hydrogen-bond donors (Lipinski definition) is 1. The highest BCUT2D eigenvalue weighted by molar-refractivity contribution is 5.80. The van der Waals surface area contributed by atoms with Crippen molar-refractivity contribution in [2.24, 2.45) is 7.05 Å². The minimum atomic E-state index is -0.194. The lowest BCUT2D eigenvalue weighted by Crippen LogP contribution is -2.32. The first kappa shape index (κ1) is 19.2. The van der Waals surface area contributed by atoms with Crippen LogP contribution in [-0.2, 0) is 24.9 Å². The van der Waals surface area contributed by atoms with Crippen LogP contribution in [0, 0.1) is 0 Å². The Hall–Kier alpha value is -3.09. The van der Waals surface area contributed by atoms with Crippen LogP contribution in [0.15, 0.2) is 47.4 Å². The number of imidazole rings is 1. The van der Waals surface area contributed by atoms with Crippen molar-refractivity contribution in [3.8, 4) is 0 Å². The summed E-state index contributed by atoms with van der Waals surface area (Å²) < 4.78 is 3.07. The molecule has 1 amide bonds. The summed E-state index contributed by atoms with van der Waals surface area (Å²) in [5.74, 6) is 0.810. The number of fused-ring (bicyclic) bond motifs is 1. The second kappa shape index (κ2) is 8.51. The van der Waals surface area contributed by atoms with Crippen LogP contribution in [0.4, 0.5) is 5.82 Å². The van der Waals surface area contributed by atoms with Gasteiger partial charge in [0.2, 0.25) is 5.91 Å². The summed E-state index contributed by atoms with van der Waals surface area (Å²) in [4.78, 5) is 31.8. The molecule has 0 aliphatic carbocycles. The Morgan fingerprint density at radius 1 is 1.03 bits per heavy atom. The molecular weight excluding hydrogens is 366 g/mol. The lowest BCUT2D eigenvalue weighted by atomic mass is 10.2. The Balaban J connectivity index is 1.38. The fourth-order valence-electron chi connectivity index (χ4n) is 3.92. The molecule has 1 saturated heterocycles. The lowest BCUT2D eigenvalue weighted by molar-refractivity contribution is -0.121. The zero-order valence-electron chi connectivity index (χ0n) is 16.8. The first-order valence-electron chi connectivity index (χ1n) is 10.2. The third kappa shape index (κ3) is 4.18. The number of amides is 1. The average molecular weight is 393 g/mol. The van der Waals surface area contributed by atoms with E-state index in [0.717, 1.165) is 35.5 Å². The Morgan fingerprint density at radius 2 is 1.76 bits per heavy atom. The highest BCUT2D eigenvalue weighted by Gasteiger charge is 2.14. The van der Waals surface area contributed by atoms with E-state index in [1.54, 1.807) is 11.6 Å². The SMILES string of the molecule is Cn1c(=O)n(CC(=O)NCc2ccc(N3CCCCCC3)nc2)c2ccccc21. The molecule has 1 fully saturated rings. The average Bonchev–Trinajstić information content (AvgIpc) is 2.94. The van der Waals surface area contributed by atoms with E-state index in [2.05, 4.69) is 15.2 Å². The van der Waals surface area contributed by atoms with Crippen LogP contribution >= 0.6 is 0 Å². The number of aromatic nitrogens is 3. The summed E-state index contributed by atoms with van der Waals surface area (Å²) in [5.41, 5.74) is 2.34. The number of hydrogen-bond acceptors (Lipinski definition) is 4. The maximum absolute atomic E-state index is 12.4. The van der Waals surface area contributed by atoms with Gasteiger partial charge in [0.1, 0.15) is 12.4 Å². The molecule has 1 N–H and O–H groups in total. The van der Waals surface area contributed by atoms with Gasteiger partial charge in [0.25, 0.3) is 0 Å². The highest BCUT2D eigenvalue weighted by Crippen LogP contribution is 2.17. The third-order valence-electron chi connectivity index (χ3n) is 5.58. The predicted molar refractivity (Wildman–Crippen MR) is 114 cm³/mol. The van der Waals surface area contributed by atoms with Crippen LogP contribution in [0.1, 0.15) is 31.2 Å². The van der Waals surface area contributed by atoms with Crippen LogP contribution in [0.3, 0.4) is 0 Å². The number of para-hydroxylation sites is 2. The molecule has 29 heavy (non-hydrogen) atoms. The fourth-order valence-corrected chi connectivity index (χ4v) is 3.92. The molecule has 3 aromatic rings. The summed E-state index contributed by atoms with van der Waals surface area (Å²) in [6.45, 7) is 2.51. The van der Waals surface area contributed by atoms with Gasteiger partial charge >= 0.3 is 5.69 Å². The molecule has 0 saturated carbocycles. The molecule has 4 rings (SSSR count). The fraction of sp³-hybridized carbons (Fsp3) is 0.409. The number of aryl methyl sites for hydroxylation is 1. The van der Waals surface area contributed by atoms with E-state index in [-0.39, 0.29) is 18.1 Å². The van der Waals surface area contributed by atoms with Gasteiger partial charge in [-0.25, -0.2) is 9.78 Å². The number of pyridine rings is 1. The van der Waals surface area contributed by atoms with Crippen LogP contribution in [-0.4, -0.2) is 33.1 Å². The molecule has 7 heteroatoms. The molecule has 152 valence electrons. The molecule has 0 spiro atoms. The number of rotatable bonds is 5. The second-order valence-corrected chi connectivity index (χ2v) is 7.62. The standard InChI is InChI=1S/C22H27N5O2/c1-25-18-8-4-5-9-19(18)27(22(25)29)16-21(28)24-15-17-10-11-20(23-14-17)26-12-6-2-3-7-13-26/h4-5,8-11,14H,2-3,6-7,12-13,15-16H2,1H3,(H,24,28). The van der Waals surface area contributed by atoms with Gasteiger partial charge in [0, 0.05) is 32.9 Å². The van der Waals surface area contributed by atoms with Gasteiger partial charge in [0.15, 0.2) is 0 Å². The number of carbonyl (C=O) groups excluding carboxylic acids is 1. The Bertz CT molecular complexity index is 1040. The molecule has 0 bridgehead atoms. The Morgan fingerprint density at radius 3 is 2.45 bits per heavy atom. The van der Waals surface area contributed by atoms with E-state index < -0.39 is 0 Å². The minimum Gasteiger partial charge on any atom is -0.357 e. The normalized spacial score (nSPS) is 14.7. The third-order valence-corrected chi connectivity index (χ3v) is 5.58. The molecule has 1 aliphatic heterocycles. The topological polar surface area (TPSA) is 72.2 Å². The van der Waals surface area contributed by atoms with E-state index >= 15 is 0 Å². The van der Waals surface area contributed by atoms with Crippen LogP contribution in [0.25, 0.3) is 11.0 Å². The van der Waals surface area contributed by atoms with E-state index in [9.17, 15) is 9.59 Å². The van der Waals surface area contributed by atoms with E-state index in [1.165, 1.54) is 30.3 Å². The van der Waals surface area contributed by atoms with Crippen molar-refractivity contribution in [3.63, 3.8) is 0 Å². The van der Waals surface area contributed by atoms with Crippen molar-refractivity contribution < 1.29 is 4.79 Å². The van der Waals surface area contributed by atoms with E-state index in [4.69, 9.17) is 0 Å². The van der Waals surface area contributed by atoms with Crippen LogP contribution < -0.4 is 15.9 Å². The number of benzene rings is 1. The second-order valence-electron chi connectivity index (χ2n) is 7.62.